The van der Waals surface area contributed by atoms with Gasteiger partial charge >= 0.3 is 5.97 Å². The van der Waals surface area contributed by atoms with Crippen molar-refractivity contribution in [2.45, 2.75) is 6.92 Å². The fourth-order valence-electron chi connectivity index (χ4n) is 1.97. The molecule has 2 amide bonds. The Balaban J connectivity index is 1.90. The van der Waals surface area contributed by atoms with Crippen molar-refractivity contribution in [3.05, 3.63) is 59.7 Å². The highest BCUT2D eigenvalue weighted by Crippen LogP contribution is 2.21. The fourth-order valence-corrected chi connectivity index (χ4v) is 1.97. The van der Waals surface area contributed by atoms with Crippen LogP contribution in [0.25, 0.3) is 0 Å². The van der Waals surface area contributed by atoms with Crippen molar-refractivity contribution < 1.29 is 19.1 Å². The highest BCUT2D eigenvalue weighted by Gasteiger charge is 2.34. The number of imide groups is 1. The summed E-state index contributed by atoms with van der Waals surface area (Å²) in [6, 6.07) is 6.64. The van der Waals surface area contributed by atoms with Gasteiger partial charge in [-0.2, -0.15) is 0 Å². The van der Waals surface area contributed by atoms with E-state index in [1.807, 2.05) is 6.92 Å². The molecule has 0 aromatic heterocycles. The van der Waals surface area contributed by atoms with Gasteiger partial charge in [0.25, 0.3) is 11.8 Å². The maximum Gasteiger partial charge on any atom is 0.330 e. The average molecular weight is 285 g/mol. The summed E-state index contributed by atoms with van der Waals surface area (Å²) in [5, 5.41) is 0. The molecule has 1 aliphatic heterocycles. The summed E-state index contributed by atoms with van der Waals surface area (Å²) >= 11 is 0. The number of esters is 1. The van der Waals surface area contributed by atoms with Crippen LogP contribution in [0.2, 0.25) is 0 Å². The van der Waals surface area contributed by atoms with Crippen molar-refractivity contribution in [2.75, 3.05) is 13.2 Å². The highest BCUT2D eigenvalue weighted by atomic mass is 16.5. The number of nitrogens with zero attached hydrogens (tertiary/aromatic N) is 1. The number of benzene rings is 1. The molecule has 0 bridgehead atoms. The number of ether oxygens (including phenoxy) is 1. The van der Waals surface area contributed by atoms with E-state index < -0.39 is 5.97 Å². The van der Waals surface area contributed by atoms with Crippen LogP contribution < -0.4 is 0 Å². The monoisotopic (exact) mass is 285 g/mol. The van der Waals surface area contributed by atoms with Crippen molar-refractivity contribution in [1.29, 1.82) is 0 Å². The van der Waals surface area contributed by atoms with Gasteiger partial charge in [-0.05, 0) is 19.1 Å². The standard InChI is InChI=1S/C16H15NO4/c1-2-3-4-9-14(18)21-11-10-17-15(19)12-7-5-6-8-13(12)16(17)20/h2-9H,10-11H2,1H3/b3-2+,9-4+. The Hall–Kier alpha value is -2.69. The predicted molar refractivity (Wildman–Crippen MR) is 76.7 cm³/mol. The SMILES string of the molecule is C/C=C/C=C/C(=O)OCCN1C(=O)c2ccccc2C1=O. The Morgan fingerprint density at radius 1 is 1.14 bits per heavy atom. The van der Waals surface area contributed by atoms with Crippen molar-refractivity contribution in [2.24, 2.45) is 0 Å². The Morgan fingerprint density at radius 2 is 1.76 bits per heavy atom. The molecule has 0 spiro atoms. The van der Waals surface area contributed by atoms with Gasteiger partial charge < -0.3 is 4.74 Å². The van der Waals surface area contributed by atoms with Gasteiger partial charge in [-0.15, -0.1) is 0 Å². The summed E-state index contributed by atoms with van der Waals surface area (Å²) in [6.07, 6.45) is 6.32. The molecule has 1 heterocycles. The number of fused-ring (bicyclic) bond motifs is 1. The molecule has 0 saturated carbocycles. The summed E-state index contributed by atoms with van der Waals surface area (Å²) in [7, 11) is 0. The third-order valence-electron chi connectivity index (χ3n) is 2.97. The first-order chi connectivity index (χ1) is 10.1. The lowest BCUT2D eigenvalue weighted by molar-refractivity contribution is -0.137. The second kappa shape index (κ2) is 6.65. The van der Waals surface area contributed by atoms with Gasteiger partial charge in [-0.25, -0.2) is 4.79 Å². The van der Waals surface area contributed by atoms with Crippen LogP contribution in [0.3, 0.4) is 0 Å². The summed E-state index contributed by atoms with van der Waals surface area (Å²) in [6.45, 7) is 1.86. The summed E-state index contributed by atoms with van der Waals surface area (Å²) in [5.41, 5.74) is 0.781. The molecule has 0 unspecified atom stereocenters. The predicted octanol–water partition coefficient (Wildman–Crippen LogP) is 1.96. The number of carbonyl (C=O) groups is 3. The molecule has 1 aromatic carbocycles. The molecular weight excluding hydrogens is 270 g/mol. The Labute approximate surface area is 122 Å². The molecule has 0 fully saturated rings. The Bertz CT molecular complexity index is 596. The number of hydrogen-bond donors (Lipinski definition) is 0. The van der Waals surface area contributed by atoms with Crippen LogP contribution in [0.4, 0.5) is 0 Å². The van der Waals surface area contributed by atoms with Crippen molar-refractivity contribution in [1.82, 2.24) is 4.90 Å². The second-order valence-corrected chi connectivity index (χ2v) is 4.36. The summed E-state index contributed by atoms with van der Waals surface area (Å²) < 4.78 is 4.94. The largest absolute Gasteiger partial charge is 0.461 e. The first-order valence-electron chi connectivity index (χ1n) is 6.56. The molecule has 0 radical (unpaired) electrons. The quantitative estimate of drug-likeness (QED) is 0.359. The van der Waals surface area contributed by atoms with E-state index in [9.17, 15) is 14.4 Å². The van der Waals surface area contributed by atoms with Crippen molar-refractivity contribution in [3.63, 3.8) is 0 Å². The average Bonchev–Trinajstić information content (AvgIpc) is 2.73. The summed E-state index contributed by atoms with van der Waals surface area (Å²) in [4.78, 5) is 36.5. The first kappa shape index (κ1) is 14.7. The van der Waals surface area contributed by atoms with Gasteiger partial charge in [-0.3, -0.25) is 14.5 Å². The van der Waals surface area contributed by atoms with E-state index in [1.54, 1.807) is 42.5 Å². The lowest BCUT2D eigenvalue weighted by Crippen LogP contribution is -2.33. The van der Waals surface area contributed by atoms with Crippen LogP contribution in [0.5, 0.6) is 0 Å². The van der Waals surface area contributed by atoms with Gasteiger partial charge in [0.15, 0.2) is 0 Å². The van der Waals surface area contributed by atoms with E-state index in [0.29, 0.717) is 11.1 Å². The van der Waals surface area contributed by atoms with E-state index >= 15 is 0 Å². The summed E-state index contributed by atoms with van der Waals surface area (Å²) in [5.74, 6) is -1.21. The maximum absolute atomic E-state index is 12.0. The zero-order valence-corrected chi connectivity index (χ0v) is 11.6. The van der Waals surface area contributed by atoms with Crippen LogP contribution in [-0.2, 0) is 9.53 Å². The van der Waals surface area contributed by atoms with Gasteiger partial charge in [0.2, 0.25) is 0 Å². The molecule has 0 saturated heterocycles. The number of allylic oxidation sites excluding steroid dienone is 3. The van der Waals surface area contributed by atoms with E-state index in [1.165, 1.54) is 6.08 Å². The molecular formula is C16H15NO4. The normalized spacial score (nSPS) is 14.2. The van der Waals surface area contributed by atoms with Crippen molar-refractivity contribution in [3.8, 4) is 0 Å². The van der Waals surface area contributed by atoms with Gasteiger partial charge in [0, 0.05) is 6.08 Å². The molecule has 5 nitrogen and oxygen atoms in total. The third kappa shape index (κ3) is 3.25. The minimum absolute atomic E-state index is 0.0233. The molecule has 108 valence electrons. The van der Waals surface area contributed by atoms with Crippen LogP contribution in [0.1, 0.15) is 27.6 Å². The fraction of sp³-hybridized carbons (Fsp3) is 0.188. The topological polar surface area (TPSA) is 63.7 Å². The molecule has 1 aromatic rings. The minimum atomic E-state index is -0.510. The molecule has 0 N–H and O–H groups in total. The number of carbonyl (C=O) groups excluding carboxylic acids is 3. The Morgan fingerprint density at radius 3 is 2.33 bits per heavy atom. The van der Waals surface area contributed by atoms with Crippen LogP contribution in [-0.4, -0.2) is 35.8 Å². The van der Waals surface area contributed by atoms with Crippen molar-refractivity contribution >= 4 is 17.8 Å². The first-order valence-corrected chi connectivity index (χ1v) is 6.56. The lowest BCUT2D eigenvalue weighted by Gasteiger charge is -2.13. The lowest BCUT2D eigenvalue weighted by atomic mass is 10.1. The number of rotatable bonds is 5. The Kier molecular flexibility index (Phi) is 4.66. The molecule has 0 atom stereocenters. The number of hydrogen-bond acceptors (Lipinski definition) is 4. The van der Waals surface area contributed by atoms with Crippen LogP contribution >= 0.6 is 0 Å². The maximum atomic E-state index is 12.0. The molecule has 5 heteroatoms. The van der Waals surface area contributed by atoms with Crippen LogP contribution in [0.15, 0.2) is 48.6 Å². The third-order valence-corrected chi connectivity index (χ3v) is 2.97. The zero-order chi connectivity index (χ0) is 15.2. The van der Waals surface area contributed by atoms with Gasteiger partial charge in [-0.1, -0.05) is 30.4 Å². The number of amides is 2. The minimum Gasteiger partial charge on any atom is -0.461 e. The molecule has 21 heavy (non-hydrogen) atoms. The van der Waals surface area contributed by atoms with Gasteiger partial charge in [0.05, 0.1) is 17.7 Å². The van der Waals surface area contributed by atoms with E-state index in [4.69, 9.17) is 4.74 Å². The van der Waals surface area contributed by atoms with E-state index in [0.717, 1.165) is 4.90 Å². The van der Waals surface area contributed by atoms with E-state index in [-0.39, 0.29) is 25.0 Å². The second-order valence-electron chi connectivity index (χ2n) is 4.36. The van der Waals surface area contributed by atoms with Gasteiger partial charge in [0.1, 0.15) is 6.61 Å². The van der Waals surface area contributed by atoms with E-state index in [2.05, 4.69) is 0 Å². The zero-order valence-electron chi connectivity index (χ0n) is 11.6. The highest BCUT2D eigenvalue weighted by molar-refractivity contribution is 6.21. The molecule has 0 aliphatic carbocycles. The molecule has 2 rings (SSSR count). The molecule has 1 aliphatic rings. The van der Waals surface area contributed by atoms with Crippen LogP contribution in [0, 0.1) is 0 Å². The smallest absolute Gasteiger partial charge is 0.330 e.